The summed E-state index contributed by atoms with van der Waals surface area (Å²) in [7, 11) is 1.95. The normalized spacial score (nSPS) is 11.1. The van der Waals surface area contributed by atoms with Crippen LogP contribution in [-0.4, -0.2) is 25.0 Å². The Morgan fingerprint density at radius 3 is 2.72 bits per heavy atom. The quantitative estimate of drug-likeness (QED) is 0.467. The van der Waals surface area contributed by atoms with Crippen LogP contribution in [0.4, 0.5) is 0 Å². The summed E-state index contributed by atoms with van der Waals surface area (Å²) in [6, 6.07) is 11.3. The van der Waals surface area contributed by atoms with Crippen LogP contribution < -0.4 is 0 Å². The highest BCUT2D eigenvalue weighted by molar-refractivity contribution is 7.98. The van der Waals surface area contributed by atoms with E-state index >= 15 is 0 Å². The number of nitrogens with zero attached hydrogens (tertiary/aromatic N) is 5. The molecule has 0 fully saturated rings. The third-order valence-electron chi connectivity index (χ3n) is 3.46. The largest absolute Gasteiger partial charge is 0.420 e. The maximum Gasteiger partial charge on any atom is 0.247 e. The summed E-state index contributed by atoms with van der Waals surface area (Å²) in [5, 5.41) is 20.2. The number of benzene rings is 1. The summed E-state index contributed by atoms with van der Waals surface area (Å²) in [5.74, 6) is 2.39. The van der Waals surface area contributed by atoms with Crippen molar-refractivity contribution < 1.29 is 4.42 Å². The van der Waals surface area contributed by atoms with E-state index in [0.29, 0.717) is 22.6 Å². The van der Waals surface area contributed by atoms with Crippen molar-refractivity contribution in [2.45, 2.75) is 10.9 Å². The first-order chi connectivity index (χ1) is 12.2. The van der Waals surface area contributed by atoms with Gasteiger partial charge in [-0.1, -0.05) is 29.4 Å². The molecule has 0 aliphatic heterocycles. The smallest absolute Gasteiger partial charge is 0.247 e. The summed E-state index contributed by atoms with van der Waals surface area (Å²) in [6.07, 6.45) is 0. The molecule has 0 unspecified atom stereocenters. The Balaban J connectivity index is 1.46. The zero-order chi connectivity index (χ0) is 17.2. The molecule has 126 valence electrons. The predicted molar refractivity (Wildman–Crippen MR) is 98.6 cm³/mol. The minimum Gasteiger partial charge on any atom is -0.420 e. The summed E-state index contributed by atoms with van der Waals surface area (Å²) < 4.78 is 7.67. The van der Waals surface area contributed by atoms with Gasteiger partial charge in [0, 0.05) is 17.6 Å². The highest BCUT2D eigenvalue weighted by atomic mass is 35.5. The van der Waals surface area contributed by atoms with Crippen molar-refractivity contribution in [3.8, 4) is 22.2 Å². The van der Waals surface area contributed by atoms with Gasteiger partial charge in [-0.2, -0.15) is 0 Å². The second kappa shape index (κ2) is 6.99. The second-order valence-electron chi connectivity index (χ2n) is 5.14. The van der Waals surface area contributed by atoms with Gasteiger partial charge in [0.2, 0.25) is 11.8 Å². The molecule has 0 bridgehead atoms. The molecule has 0 radical (unpaired) electrons. The van der Waals surface area contributed by atoms with Crippen LogP contribution in [0.1, 0.15) is 5.89 Å². The maximum atomic E-state index is 5.89. The third-order valence-corrected chi connectivity index (χ3v) is 5.58. The van der Waals surface area contributed by atoms with Crippen LogP contribution in [0, 0.1) is 0 Å². The van der Waals surface area contributed by atoms with E-state index in [-0.39, 0.29) is 0 Å². The molecule has 0 N–H and O–H groups in total. The van der Waals surface area contributed by atoms with E-state index in [1.807, 2.05) is 41.3 Å². The zero-order valence-electron chi connectivity index (χ0n) is 13.1. The Hall–Kier alpha value is -2.16. The summed E-state index contributed by atoms with van der Waals surface area (Å²) >= 11 is 9.03. The molecule has 3 aromatic heterocycles. The number of aromatic nitrogens is 5. The molecule has 1 aromatic carbocycles. The average molecular weight is 390 g/mol. The molecule has 0 atom stereocenters. The Labute approximate surface area is 156 Å². The number of thiophene rings is 1. The monoisotopic (exact) mass is 389 g/mol. The minimum absolute atomic E-state index is 0.476. The van der Waals surface area contributed by atoms with Gasteiger partial charge < -0.3 is 8.98 Å². The number of hydrogen-bond acceptors (Lipinski definition) is 7. The van der Waals surface area contributed by atoms with Crippen LogP contribution in [0.5, 0.6) is 0 Å². The lowest BCUT2D eigenvalue weighted by molar-refractivity contribution is 0.528. The first-order valence-corrected chi connectivity index (χ1v) is 9.59. The van der Waals surface area contributed by atoms with E-state index < -0.39 is 0 Å². The van der Waals surface area contributed by atoms with Crippen LogP contribution in [0.25, 0.3) is 22.2 Å². The van der Waals surface area contributed by atoms with Crippen molar-refractivity contribution in [2.75, 3.05) is 0 Å². The number of halogens is 1. The van der Waals surface area contributed by atoms with Gasteiger partial charge in [0.15, 0.2) is 11.0 Å². The van der Waals surface area contributed by atoms with E-state index in [1.54, 1.807) is 23.5 Å². The first-order valence-electron chi connectivity index (χ1n) is 7.35. The molecule has 0 amide bonds. The molecular weight excluding hydrogens is 378 g/mol. The molecule has 4 aromatic rings. The van der Waals surface area contributed by atoms with Gasteiger partial charge in [-0.05, 0) is 35.7 Å². The predicted octanol–water partition coefficient (Wildman–Crippen LogP) is 4.54. The molecule has 6 nitrogen and oxygen atoms in total. The van der Waals surface area contributed by atoms with Crippen LogP contribution in [0.3, 0.4) is 0 Å². The molecule has 9 heteroatoms. The molecule has 3 heterocycles. The maximum absolute atomic E-state index is 5.89. The lowest BCUT2D eigenvalue weighted by atomic mass is 10.2. The van der Waals surface area contributed by atoms with Gasteiger partial charge in [0.25, 0.3) is 0 Å². The van der Waals surface area contributed by atoms with E-state index in [0.717, 1.165) is 21.4 Å². The zero-order valence-corrected chi connectivity index (χ0v) is 15.5. The number of rotatable bonds is 5. The number of thioether (sulfide) groups is 1. The van der Waals surface area contributed by atoms with Crippen molar-refractivity contribution in [1.82, 2.24) is 25.0 Å². The fourth-order valence-electron chi connectivity index (χ4n) is 2.21. The molecule has 4 rings (SSSR count). The van der Waals surface area contributed by atoms with Gasteiger partial charge in [-0.15, -0.1) is 31.7 Å². The van der Waals surface area contributed by atoms with E-state index in [2.05, 4.69) is 20.4 Å². The average Bonchev–Trinajstić information content (AvgIpc) is 3.34. The van der Waals surface area contributed by atoms with Gasteiger partial charge in [-0.25, -0.2) is 0 Å². The number of hydrogen-bond donors (Lipinski definition) is 0. The van der Waals surface area contributed by atoms with Crippen molar-refractivity contribution >= 4 is 34.7 Å². The van der Waals surface area contributed by atoms with Crippen LogP contribution in [0.2, 0.25) is 5.02 Å². The molecule has 0 aliphatic carbocycles. The highest BCUT2D eigenvalue weighted by Gasteiger charge is 2.14. The Bertz CT molecular complexity index is 979. The summed E-state index contributed by atoms with van der Waals surface area (Å²) in [5.41, 5.74) is 0.840. The van der Waals surface area contributed by atoms with Crippen LogP contribution in [0.15, 0.2) is 51.4 Å². The third kappa shape index (κ3) is 3.46. The molecule has 0 spiro atoms. The molecule has 25 heavy (non-hydrogen) atoms. The van der Waals surface area contributed by atoms with E-state index in [4.69, 9.17) is 16.0 Å². The minimum atomic E-state index is 0.476. The van der Waals surface area contributed by atoms with Gasteiger partial charge in [-0.3, -0.25) is 0 Å². The molecular formula is C16H12ClN5OS2. The standard InChI is InChI=1S/C16H12ClN5OS2/c1-22-14(12-3-2-8-24-12)19-21-16(22)25-9-13-18-20-15(23-13)10-4-6-11(17)7-5-10/h2-8H,9H2,1H3. The molecule has 0 saturated heterocycles. The second-order valence-corrected chi connectivity index (χ2v) is 7.47. The van der Waals surface area contributed by atoms with Crippen LogP contribution in [-0.2, 0) is 12.8 Å². The van der Waals surface area contributed by atoms with Gasteiger partial charge in [0.05, 0.1) is 10.6 Å². The molecule has 0 aliphatic rings. The Morgan fingerprint density at radius 1 is 1.12 bits per heavy atom. The Morgan fingerprint density at radius 2 is 1.96 bits per heavy atom. The van der Waals surface area contributed by atoms with Crippen LogP contribution >= 0.6 is 34.7 Å². The van der Waals surface area contributed by atoms with E-state index in [1.165, 1.54) is 11.8 Å². The van der Waals surface area contributed by atoms with Crippen molar-refractivity contribution in [2.24, 2.45) is 7.05 Å². The lowest BCUT2D eigenvalue weighted by Crippen LogP contribution is -1.94. The topological polar surface area (TPSA) is 69.6 Å². The fourth-order valence-corrected chi connectivity index (χ4v) is 3.83. The summed E-state index contributed by atoms with van der Waals surface area (Å²) in [4.78, 5) is 1.09. The SMILES string of the molecule is Cn1c(SCc2nnc(-c3ccc(Cl)cc3)o2)nnc1-c1cccs1. The van der Waals surface area contributed by atoms with Crippen molar-refractivity contribution in [3.05, 3.63) is 52.7 Å². The van der Waals surface area contributed by atoms with E-state index in [9.17, 15) is 0 Å². The van der Waals surface area contributed by atoms with Crippen molar-refractivity contribution in [1.29, 1.82) is 0 Å². The fraction of sp³-hybridized carbons (Fsp3) is 0.125. The first kappa shape index (κ1) is 16.3. The summed E-state index contributed by atoms with van der Waals surface area (Å²) in [6.45, 7) is 0. The molecule has 0 saturated carbocycles. The lowest BCUT2D eigenvalue weighted by Gasteiger charge is -2.00. The Kier molecular flexibility index (Phi) is 4.56. The van der Waals surface area contributed by atoms with Gasteiger partial charge in [0.1, 0.15) is 0 Å². The highest BCUT2D eigenvalue weighted by Crippen LogP contribution is 2.28. The van der Waals surface area contributed by atoms with Gasteiger partial charge >= 0.3 is 0 Å². The van der Waals surface area contributed by atoms with Crippen molar-refractivity contribution in [3.63, 3.8) is 0 Å².